The van der Waals surface area contributed by atoms with E-state index in [4.69, 9.17) is 9.47 Å². The van der Waals surface area contributed by atoms with Crippen LogP contribution in [0.15, 0.2) is 48.5 Å². The van der Waals surface area contributed by atoms with E-state index in [1.807, 2.05) is 48.2 Å². The van der Waals surface area contributed by atoms with E-state index in [0.717, 1.165) is 57.1 Å². The number of carbonyl (C=O) groups is 1. The van der Waals surface area contributed by atoms with Crippen LogP contribution in [0.5, 0.6) is 11.5 Å². The van der Waals surface area contributed by atoms with E-state index < -0.39 is 5.60 Å². The average molecular weight is 453 g/mol. The van der Waals surface area contributed by atoms with E-state index in [-0.39, 0.29) is 5.91 Å². The lowest BCUT2D eigenvalue weighted by molar-refractivity contribution is -0.127. The second-order valence-electron chi connectivity index (χ2n) is 9.44. The number of ether oxygens (including phenoxy) is 2. The zero-order valence-corrected chi connectivity index (χ0v) is 19.7. The third-order valence-corrected chi connectivity index (χ3v) is 6.63. The first-order valence-corrected chi connectivity index (χ1v) is 12.1. The van der Waals surface area contributed by atoms with E-state index >= 15 is 0 Å². The third-order valence-electron chi connectivity index (χ3n) is 6.63. The maximum atomic E-state index is 11.7. The van der Waals surface area contributed by atoms with Crippen molar-refractivity contribution < 1.29 is 19.4 Å². The number of aryl methyl sites for hydroxylation is 1. The smallest absolute Gasteiger partial charge is 0.222 e. The molecule has 6 heteroatoms. The van der Waals surface area contributed by atoms with Crippen LogP contribution in [-0.4, -0.2) is 65.8 Å². The summed E-state index contributed by atoms with van der Waals surface area (Å²) in [7, 11) is 0. The fourth-order valence-electron chi connectivity index (χ4n) is 4.50. The molecule has 2 aromatic rings. The van der Waals surface area contributed by atoms with Crippen LogP contribution in [0.25, 0.3) is 0 Å². The number of likely N-dealkylation sites (tertiary alicyclic amines) is 2. The number of hydrogen-bond acceptors (Lipinski definition) is 5. The van der Waals surface area contributed by atoms with Crippen molar-refractivity contribution in [3.8, 4) is 11.5 Å². The summed E-state index contributed by atoms with van der Waals surface area (Å²) < 4.78 is 11.8. The van der Waals surface area contributed by atoms with Gasteiger partial charge in [-0.3, -0.25) is 9.69 Å². The standard InChI is InChI=1S/C27H36N2O4/c1-22-8-10-24(11-9-22)33-21-27(31)12-16-28(17-13-27)20-23-5-2-6-25(19-23)32-18-4-15-29-14-3-7-26(29)30/h2,5-6,8-11,19,31H,3-4,7,12-18,20-21H2,1H3. The number of hydrogen-bond donors (Lipinski definition) is 1. The minimum Gasteiger partial charge on any atom is -0.494 e. The largest absolute Gasteiger partial charge is 0.494 e. The van der Waals surface area contributed by atoms with Crippen molar-refractivity contribution in [3.05, 3.63) is 59.7 Å². The van der Waals surface area contributed by atoms with Crippen LogP contribution in [0.4, 0.5) is 0 Å². The molecular weight excluding hydrogens is 416 g/mol. The molecule has 2 aliphatic rings. The SMILES string of the molecule is Cc1ccc(OCC2(O)CCN(Cc3cccc(OCCCN4CCCC4=O)c3)CC2)cc1. The molecule has 178 valence electrons. The van der Waals surface area contributed by atoms with Crippen molar-refractivity contribution >= 4 is 5.91 Å². The highest BCUT2D eigenvalue weighted by atomic mass is 16.5. The molecular formula is C27H36N2O4. The Morgan fingerprint density at radius 2 is 1.79 bits per heavy atom. The Labute approximate surface area is 197 Å². The topological polar surface area (TPSA) is 62.2 Å². The highest BCUT2D eigenvalue weighted by Crippen LogP contribution is 2.26. The summed E-state index contributed by atoms with van der Waals surface area (Å²) in [6.45, 7) is 7.18. The van der Waals surface area contributed by atoms with Gasteiger partial charge in [0.05, 0.1) is 6.61 Å². The summed E-state index contributed by atoms with van der Waals surface area (Å²) in [5, 5.41) is 10.9. The number of aliphatic hydroxyl groups is 1. The summed E-state index contributed by atoms with van der Waals surface area (Å²) in [6, 6.07) is 16.2. The van der Waals surface area contributed by atoms with E-state index in [9.17, 15) is 9.90 Å². The minimum atomic E-state index is -0.775. The van der Waals surface area contributed by atoms with E-state index in [2.05, 4.69) is 17.0 Å². The highest BCUT2D eigenvalue weighted by Gasteiger charge is 2.33. The van der Waals surface area contributed by atoms with E-state index in [0.29, 0.717) is 32.5 Å². The highest BCUT2D eigenvalue weighted by molar-refractivity contribution is 5.77. The lowest BCUT2D eigenvalue weighted by Crippen LogP contribution is -2.47. The summed E-state index contributed by atoms with van der Waals surface area (Å²) in [6.07, 6.45) is 3.92. The van der Waals surface area contributed by atoms with E-state index in [1.54, 1.807) is 0 Å². The molecule has 2 fully saturated rings. The first-order valence-electron chi connectivity index (χ1n) is 12.1. The lowest BCUT2D eigenvalue weighted by Gasteiger charge is -2.38. The van der Waals surface area contributed by atoms with Crippen molar-refractivity contribution in [2.45, 2.75) is 51.2 Å². The Kier molecular flexibility index (Phi) is 7.89. The van der Waals surface area contributed by atoms with Gasteiger partial charge < -0.3 is 19.5 Å². The number of nitrogens with zero attached hydrogens (tertiary/aromatic N) is 2. The van der Waals surface area contributed by atoms with Gasteiger partial charge in [0.25, 0.3) is 0 Å². The molecule has 0 spiro atoms. The molecule has 0 aliphatic carbocycles. The zero-order valence-electron chi connectivity index (χ0n) is 19.7. The van der Waals surface area contributed by atoms with Crippen LogP contribution in [0.2, 0.25) is 0 Å². The molecule has 1 N–H and O–H groups in total. The second kappa shape index (κ2) is 11.0. The Morgan fingerprint density at radius 3 is 2.52 bits per heavy atom. The second-order valence-corrected chi connectivity index (χ2v) is 9.44. The molecule has 0 saturated carbocycles. The number of benzene rings is 2. The Bertz CT molecular complexity index is 907. The average Bonchev–Trinajstić information content (AvgIpc) is 3.23. The first kappa shape index (κ1) is 23.6. The normalized spacial score (nSPS) is 18.5. The van der Waals surface area contributed by atoms with Gasteiger partial charge in [0, 0.05) is 39.1 Å². The van der Waals surface area contributed by atoms with Gasteiger partial charge in [-0.15, -0.1) is 0 Å². The maximum Gasteiger partial charge on any atom is 0.222 e. The van der Waals surface area contributed by atoms with Crippen LogP contribution < -0.4 is 9.47 Å². The molecule has 0 aromatic heterocycles. The lowest BCUT2D eigenvalue weighted by atomic mass is 9.92. The van der Waals surface area contributed by atoms with Crippen LogP contribution >= 0.6 is 0 Å². The van der Waals surface area contributed by atoms with E-state index in [1.165, 1.54) is 11.1 Å². The van der Waals surface area contributed by atoms with Gasteiger partial charge in [0.1, 0.15) is 23.7 Å². The van der Waals surface area contributed by atoms with Crippen LogP contribution in [0.3, 0.4) is 0 Å². The number of piperidine rings is 1. The summed E-state index contributed by atoms with van der Waals surface area (Å²) in [5.74, 6) is 1.95. The Hall–Kier alpha value is -2.57. The van der Waals surface area contributed by atoms with Crippen molar-refractivity contribution in [3.63, 3.8) is 0 Å². The minimum absolute atomic E-state index is 0.270. The fraction of sp³-hybridized carbons (Fsp3) is 0.519. The number of rotatable bonds is 10. The van der Waals surface area contributed by atoms with Gasteiger partial charge in [-0.25, -0.2) is 0 Å². The molecule has 33 heavy (non-hydrogen) atoms. The molecule has 2 aromatic carbocycles. The van der Waals surface area contributed by atoms with Gasteiger partial charge in [-0.05, 0) is 62.4 Å². The maximum absolute atomic E-state index is 11.7. The van der Waals surface area contributed by atoms with Gasteiger partial charge in [0.15, 0.2) is 0 Å². The number of amides is 1. The molecule has 0 atom stereocenters. The fourth-order valence-corrected chi connectivity index (χ4v) is 4.50. The monoisotopic (exact) mass is 452 g/mol. The van der Waals surface area contributed by atoms with Crippen LogP contribution in [0.1, 0.15) is 43.2 Å². The predicted molar refractivity (Wildman–Crippen MR) is 129 cm³/mol. The molecule has 6 nitrogen and oxygen atoms in total. The van der Waals surface area contributed by atoms with Crippen molar-refractivity contribution in [2.24, 2.45) is 0 Å². The molecule has 0 bridgehead atoms. The van der Waals surface area contributed by atoms with Crippen molar-refractivity contribution in [1.82, 2.24) is 9.80 Å². The molecule has 1 amide bonds. The Balaban J connectivity index is 1.18. The Morgan fingerprint density at radius 1 is 1.00 bits per heavy atom. The van der Waals surface area contributed by atoms with Gasteiger partial charge in [-0.2, -0.15) is 0 Å². The predicted octanol–water partition coefficient (Wildman–Crippen LogP) is 3.79. The van der Waals surface area contributed by atoms with Gasteiger partial charge >= 0.3 is 0 Å². The third kappa shape index (κ3) is 6.95. The number of carbonyl (C=O) groups excluding carboxylic acids is 1. The van der Waals surface area contributed by atoms with Crippen LogP contribution in [0, 0.1) is 6.92 Å². The molecule has 4 rings (SSSR count). The zero-order chi connectivity index (χ0) is 23.1. The van der Waals surface area contributed by atoms with Crippen molar-refractivity contribution in [1.29, 1.82) is 0 Å². The first-order chi connectivity index (χ1) is 16.0. The molecule has 2 saturated heterocycles. The summed E-state index contributed by atoms with van der Waals surface area (Å²) >= 11 is 0. The molecule has 0 radical (unpaired) electrons. The molecule has 2 aliphatic heterocycles. The van der Waals surface area contributed by atoms with Crippen LogP contribution in [-0.2, 0) is 11.3 Å². The summed E-state index contributed by atoms with van der Waals surface area (Å²) in [5.41, 5.74) is 1.63. The van der Waals surface area contributed by atoms with Gasteiger partial charge in [-0.1, -0.05) is 29.8 Å². The summed E-state index contributed by atoms with van der Waals surface area (Å²) in [4.78, 5) is 16.0. The van der Waals surface area contributed by atoms with Crippen molar-refractivity contribution in [2.75, 3.05) is 39.4 Å². The van der Waals surface area contributed by atoms with Gasteiger partial charge in [0.2, 0.25) is 5.91 Å². The molecule has 0 unspecified atom stereocenters. The molecule has 2 heterocycles. The quantitative estimate of drug-likeness (QED) is 0.556.